The Morgan fingerprint density at radius 3 is 1.50 bits per heavy atom. The second kappa shape index (κ2) is 12.1. The van der Waals surface area contributed by atoms with Gasteiger partial charge in [0.1, 0.15) is 0 Å². The van der Waals surface area contributed by atoms with Crippen LogP contribution in [-0.4, -0.2) is 26.2 Å². The molecule has 0 heterocycles. The Bertz CT molecular complexity index is 233. The summed E-state index contributed by atoms with van der Waals surface area (Å²) in [5, 5.41) is 0. The van der Waals surface area contributed by atoms with E-state index in [0.717, 1.165) is 38.5 Å². The van der Waals surface area contributed by atoms with Gasteiger partial charge in [0.2, 0.25) is 0 Å². The number of methoxy groups -OCH3 is 2. The Balaban J connectivity index is 3.23. The van der Waals surface area contributed by atoms with Gasteiger partial charge in [0.25, 0.3) is 0 Å². The summed E-state index contributed by atoms with van der Waals surface area (Å²) >= 11 is 0. The molecule has 4 heteroatoms. The van der Waals surface area contributed by atoms with Crippen LogP contribution in [0.2, 0.25) is 0 Å². The monoisotopic (exact) mass is 256 g/mol. The average Bonchev–Trinajstić information content (AvgIpc) is 2.40. The number of carbonyl (C=O) groups excluding carboxylic acids is 2. The van der Waals surface area contributed by atoms with Crippen LogP contribution in [0.3, 0.4) is 0 Å². The van der Waals surface area contributed by atoms with Gasteiger partial charge < -0.3 is 9.47 Å². The molecule has 0 bridgehead atoms. The zero-order valence-corrected chi connectivity index (χ0v) is 11.4. The lowest BCUT2D eigenvalue weighted by atomic mass is 10.1. The lowest BCUT2D eigenvalue weighted by Gasteiger charge is -1.98. The SMILES string of the molecule is COC(=O)CCCC/C=C\CCCCC(=O)OC. The fraction of sp³-hybridized carbons (Fsp3) is 0.714. The molecule has 0 aliphatic heterocycles. The molecule has 0 fully saturated rings. The normalized spacial score (nSPS) is 10.6. The maximum absolute atomic E-state index is 10.8. The number of carbonyl (C=O) groups is 2. The number of rotatable bonds is 10. The van der Waals surface area contributed by atoms with Gasteiger partial charge in [-0.1, -0.05) is 12.2 Å². The van der Waals surface area contributed by atoms with E-state index in [0.29, 0.717) is 12.8 Å². The van der Waals surface area contributed by atoms with Crippen molar-refractivity contribution in [2.24, 2.45) is 0 Å². The van der Waals surface area contributed by atoms with Crippen molar-refractivity contribution in [3.05, 3.63) is 12.2 Å². The van der Waals surface area contributed by atoms with Crippen molar-refractivity contribution in [2.45, 2.75) is 51.4 Å². The topological polar surface area (TPSA) is 52.6 Å². The molecule has 0 aromatic heterocycles. The Morgan fingerprint density at radius 2 is 1.17 bits per heavy atom. The maximum atomic E-state index is 10.8. The van der Waals surface area contributed by atoms with E-state index < -0.39 is 0 Å². The van der Waals surface area contributed by atoms with Crippen molar-refractivity contribution in [1.29, 1.82) is 0 Å². The van der Waals surface area contributed by atoms with Crippen molar-refractivity contribution in [2.75, 3.05) is 14.2 Å². The number of hydrogen-bond acceptors (Lipinski definition) is 4. The fourth-order valence-corrected chi connectivity index (χ4v) is 1.50. The molecule has 0 N–H and O–H groups in total. The van der Waals surface area contributed by atoms with E-state index in [9.17, 15) is 9.59 Å². The third kappa shape index (κ3) is 11.2. The molecule has 18 heavy (non-hydrogen) atoms. The molecule has 0 radical (unpaired) electrons. The third-order valence-electron chi connectivity index (χ3n) is 2.63. The van der Waals surface area contributed by atoms with Crippen molar-refractivity contribution in [1.82, 2.24) is 0 Å². The van der Waals surface area contributed by atoms with Crippen LogP contribution in [0.1, 0.15) is 51.4 Å². The van der Waals surface area contributed by atoms with Gasteiger partial charge in [-0.15, -0.1) is 0 Å². The van der Waals surface area contributed by atoms with Gasteiger partial charge >= 0.3 is 11.9 Å². The molecule has 0 saturated carbocycles. The number of allylic oxidation sites excluding steroid dienone is 2. The number of esters is 2. The Labute approximate surface area is 109 Å². The number of unbranched alkanes of at least 4 members (excludes halogenated alkanes) is 4. The van der Waals surface area contributed by atoms with Crippen LogP contribution in [0.15, 0.2) is 12.2 Å². The summed E-state index contributed by atoms with van der Waals surface area (Å²) in [6, 6.07) is 0. The minimum Gasteiger partial charge on any atom is -0.469 e. The Kier molecular flexibility index (Phi) is 11.3. The van der Waals surface area contributed by atoms with Gasteiger partial charge in [0, 0.05) is 12.8 Å². The summed E-state index contributed by atoms with van der Waals surface area (Å²) in [6.45, 7) is 0. The molecule has 0 atom stereocenters. The van der Waals surface area contributed by atoms with Crippen molar-refractivity contribution in [3.8, 4) is 0 Å². The largest absolute Gasteiger partial charge is 0.469 e. The summed E-state index contributed by atoms with van der Waals surface area (Å²) in [6.07, 6.45) is 11.0. The van der Waals surface area contributed by atoms with E-state index in [2.05, 4.69) is 21.6 Å². The van der Waals surface area contributed by atoms with Crippen LogP contribution in [-0.2, 0) is 19.1 Å². The maximum Gasteiger partial charge on any atom is 0.305 e. The fourth-order valence-electron chi connectivity index (χ4n) is 1.50. The smallest absolute Gasteiger partial charge is 0.305 e. The quantitative estimate of drug-likeness (QED) is 0.342. The average molecular weight is 256 g/mol. The van der Waals surface area contributed by atoms with Crippen LogP contribution < -0.4 is 0 Å². The summed E-state index contributed by atoms with van der Waals surface area (Å²) < 4.78 is 9.11. The van der Waals surface area contributed by atoms with Gasteiger partial charge in [-0.05, 0) is 38.5 Å². The molecule has 0 aromatic carbocycles. The molecule has 0 aromatic rings. The van der Waals surface area contributed by atoms with Crippen LogP contribution in [0, 0.1) is 0 Å². The van der Waals surface area contributed by atoms with Crippen LogP contribution in [0.5, 0.6) is 0 Å². The van der Waals surface area contributed by atoms with Gasteiger partial charge in [-0.3, -0.25) is 9.59 Å². The molecule has 0 saturated heterocycles. The van der Waals surface area contributed by atoms with Gasteiger partial charge in [0.15, 0.2) is 0 Å². The molecule has 0 unspecified atom stereocenters. The van der Waals surface area contributed by atoms with E-state index in [1.54, 1.807) is 0 Å². The van der Waals surface area contributed by atoms with Crippen molar-refractivity contribution >= 4 is 11.9 Å². The molecular weight excluding hydrogens is 232 g/mol. The van der Waals surface area contributed by atoms with Gasteiger partial charge in [0.05, 0.1) is 14.2 Å². The highest BCUT2D eigenvalue weighted by Gasteiger charge is 1.98. The van der Waals surface area contributed by atoms with E-state index in [-0.39, 0.29) is 11.9 Å². The molecule has 0 spiro atoms. The zero-order valence-electron chi connectivity index (χ0n) is 11.4. The molecule has 4 nitrogen and oxygen atoms in total. The molecular formula is C14H24O4. The number of hydrogen-bond donors (Lipinski definition) is 0. The van der Waals surface area contributed by atoms with Gasteiger partial charge in [-0.25, -0.2) is 0 Å². The highest BCUT2D eigenvalue weighted by atomic mass is 16.5. The summed E-state index contributed by atoms with van der Waals surface area (Å²) in [5.74, 6) is -0.274. The van der Waals surface area contributed by atoms with E-state index in [1.807, 2.05) is 0 Å². The first-order valence-corrected chi connectivity index (χ1v) is 6.49. The predicted molar refractivity (Wildman–Crippen MR) is 70.1 cm³/mol. The van der Waals surface area contributed by atoms with Crippen molar-refractivity contribution < 1.29 is 19.1 Å². The molecule has 0 aliphatic rings. The van der Waals surface area contributed by atoms with E-state index in [1.165, 1.54) is 14.2 Å². The lowest BCUT2D eigenvalue weighted by molar-refractivity contribution is -0.141. The third-order valence-corrected chi connectivity index (χ3v) is 2.63. The number of ether oxygens (including phenoxy) is 2. The first kappa shape index (κ1) is 16.7. The van der Waals surface area contributed by atoms with Crippen LogP contribution in [0.25, 0.3) is 0 Å². The molecule has 0 rings (SSSR count). The Morgan fingerprint density at radius 1 is 0.778 bits per heavy atom. The highest BCUT2D eigenvalue weighted by molar-refractivity contribution is 5.69. The van der Waals surface area contributed by atoms with E-state index in [4.69, 9.17) is 0 Å². The van der Waals surface area contributed by atoms with Crippen LogP contribution in [0.4, 0.5) is 0 Å². The van der Waals surface area contributed by atoms with Crippen LogP contribution >= 0.6 is 0 Å². The van der Waals surface area contributed by atoms with Crippen molar-refractivity contribution in [3.63, 3.8) is 0 Å². The minimum absolute atomic E-state index is 0.137. The minimum atomic E-state index is -0.137. The zero-order chi connectivity index (χ0) is 13.6. The molecule has 104 valence electrons. The highest BCUT2D eigenvalue weighted by Crippen LogP contribution is 2.05. The molecule has 0 amide bonds. The second-order valence-electron chi connectivity index (χ2n) is 4.12. The standard InChI is InChI=1S/C14H24O4/c1-17-13(15)11-9-7-5-3-4-6-8-10-12-14(16)18-2/h3-4H,5-12H2,1-2H3/b4-3-. The second-order valence-corrected chi connectivity index (χ2v) is 4.12. The Hall–Kier alpha value is -1.32. The van der Waals surface area contributed by atoms with Gasteiger partial charge in [-0.2, -0.15) is 0 Å². The summed E-state index contributed by atoms with van der Waals surface area (Å²) in [4.78, 5) is 21.6. The summed E-state index contributed by atoms with van der Waals surface area (Å²) in [7, 11) is 2.83. The summed E-state index contributed by atoms with van der Waals surface area (Å²) in [5.41, 5.74) is 0. The predicted octanol–water partition coefficient (Wildman–Crippen LogP) is 3.01. The molecule has 0 aliphatic carbocycles. The van der Waals surface area contributed by atoms with E-state index >= 15 is 0 Å². The first-order valence-electron chi connectivity index (χ1n) is 6.49. The first-order chi connectivity index (χ1) is 8.70. The lowest BCUT2D eigenvalue weighted by Crippen LogP contribution is -1.99.